The number of carbonyl (C=O) groups is 2. The SMILES string of the molecule is C[C@@H]1CC[C@@H](C(C)(C)O)CC(=O)[C@H](C)CCC1=O. The average Bonchev–Trinajstić information content (AvgIpc) is 2.27. The molecule has 3 atom stereocenters. The van der Waals surface area contributed by atoms with Gasteiger partial charge in [0.15, 0.2) is 0 Å². The Kier molecular flexibility index (Phi) is 5.09. The first-order valence-corrected chi connectivity index (χ1v) is 6.99. The van der Waals surface area contributed by atoms with Gasteiger partial charge >= 0.3 is 0 Å². The molecule has 0 bridgehead atoms. The van der Waals surface area contributed by atoms with Crippen molar-refractivity contribution < 1.29 is 14.7 Å². The van der Waals surface area contributed by atoms with Gasteiger partial charge in [0.2, 0.25) is 0 Å². The molecule has 1 N–H and O–H groups in total. The molecule has 0 aromatic rings. The zero-order valence-corrected chi connectivity index (χ0v) is 12.0. The van der Waals surface area contributed by atoms with E-state index < -0.39 is 5.60 Å². The molecule has 18 heavy (non-hydrogen) atoms. The first-order chi connectivity index (χ1) is 8.21. The molecule has 3 heteroatoms. The van der Waals surface area contributed by atoms with Crippen LogP contribution in [0.3, 0.4) is 0 Å². The van der Waals surface area contributed by atoms with Crippen LogP contribution in [0.5, 0.6) is 0 Å². The van der Waals surface area contributed by atoms with Crippen LogP contribution < -0.4 is 0 Å². The zero-order valence-electron chi connectivity index (χ0n) is 12.0. The molecule has 0 amide bonds. The minimum absolute atomic E-state index is 0.0409. The van der Waals surface area contributed by atoms with Crippen LogP contribution >= 0.6 is 0 Å². The molecule has 0 radical (unpaired) electrons. The van der Waals surface area contributed by atoms with Crippen molar-refractivity contribution in [2.75, 3.05) is 0 Å². The number of Topliss-reactive ketones (excluding diaryl/α,β-unsaturated/α-hetero) is 2. The third-order valence-corrected chi connectivity index (χ3v) is 4.32. The summed E-state index contributed by atoms with van der Waals surface area (Å²) in [5.74, 6) is 0.385. The van der Waals surface area contributed by atoms with Crippen LogP contribution in [0.1, 0.15) is 59.8 Å². The summed E-state index contributed by atoms with van der Waals surface area (Å²) in [7, 11) is 0. The van der Waals surface area contributed by atoms with Gasteiger partial charge < -0.3 is 5.11 Å². The second-order valence-corrected chi connectivity index (χ2v) is 6.41. The van der Waals surface area contributed by atoms with Crippen LogP contribution in [-0.2, 0) is 9.59 Å². The minimum atomic E-state index is -0.850. The molecule has 1 fully saturated rings. The van der Waals surface area contributed by atoms with Gasteiger partial charge in [0.25, 0.3) is 0 Å². The minimum Gasteiger partial charge on any atom is -0.390 e. The molecular formula is C15H26O3. The highest BCUT2D eigenvalue weighted by molar-refractivity contribution is 5.84. The van der Waals surface area contributed by atoms with E-state index >= 15 is 0 Å². The van der Waals surface area contributed by atoms with Gasteiger partial charge in [-0.1, -0.05) is 13.8 Å². The fourth-order valence-electron chi connectivity index (χ4n) is 2.53. The number of hydrogen-bond acceptors (Lipinski definition) is 3. The molecule has 1 saturated carbocycles. The highest BCUT2D eigenvalue weighted by Gasteiger charge is 2.32. The largest absolute Gasteiger partial charge is 0.390 e. The van der Waals surface area contributed by atoms with Crippen molar-refractivity contribution in [3.8, 4) is 0 Å². The molecule has 0 aromatic carbocycles. The predicted molar refractivity (Wildman–Crippen MR) is 71.2 cm³/mol. The third kappa shape index (κ3) is 4.20. The van der Waals surface area contributed by atoms with Crippen LogP contribution in [0.4, 0.5) is 0 Å². The Bertz CT molecular complexity index is 314. The summed E-state index contributed by atoms with van der Waals surface area (Å²) < 4.78 is 0. The van der Waals surface area contributed by atoms with Crippen LogP contribution in [0.25, 0.3) is 0 Å². The van der Waals surface area contributed by atoms with Crippen molar-refractivity contribution in [1.29, 1.82) is 0 Å². The molecule has 0 heterocycles. The topological polar surface area (TPSA) is 54.4 Å². The van der Waals surface area contributed by atoms with Crippen molar-refractivity contribution >= 4 is 11.6 Å². The fraction of sp³-hybridized carbons (Fsp3) is 0.867. The number of ketones is 2. The molecule has 3 nitrogen and oxygen atoms in total. The van der Waals surface area contributed by atoms with Crippen molar-refractivity contribution in [3.63, 3.8) is 0 Å². The fourth-order valence-corrected chi connectivity index (χ4v) is 2.53. The summed E-state index contributed by atoms with van der Waals surface area (Å²) in [6, 6.07) is 0. The Hall–Kier alpha value is -0.700. The first-order valence-electron chi connectivity index (χ1n) is 6.99. The van der Waals surface area contributed by atoms with Crippen molar-refractivity contribution in [3.05, 3.63) is 0 Å². The Balaban J connectivity index is 2.82. The highest BCUT2D eigenvalue weighted by Crippen LogP contribution is 2.30. The molecule has 104 valence electrons. The summed E-state index contributed by atoms with van der Waals surface area (Å²) in [6.45, 7) is 7.36. The van der Waals surface area contributed by atoms with Crippen LogP contribution in [0, 0.1) is 17.8 Å². The van der Waals surface area contributed by atoms with E-state index in [9.17, 15) is 14.7 Å². The summed E-state index contributed by atoms with van der Waals surface area (Å²) in [6.07, 6.45) is 3.12. The Morgan fingerprint density at radius 2 is 1.56 bits per heavy atom. The highest BCUT2D eigenvalue weighted by atomic mass is 16.3. The normalized spacial score (nSPS) is 32.4. The molecule has 1 aliphatic carbocycles. The van der Waals surface area contributed by atoms with Crippen LogP contribution in [0.15, 0.2) is 0 Å². The third-order valence-electron chi connectivity index (χ3n) is 4.32. The van der Waals surface area contributed by atoms with E-state index in [2.05, 4.69) is 0 Å². The van der Waals surface area contributed by atoms with E-state index in [1.54, 1.807) is 13.8 Å². The maximum Gasteiger partial charge on any atom is 0.136 e. The summed E-state index contributed by atoms with van der Waals surface area (Å²) in [4.78, 5) is 23.9. The maximum absolute atomic E-state index is 12.1. The number of carbonyl (C=O) groups excluding carboxylic acids is 2. The van der Waals surface area contributed by atoms with Gasteiger partial charge in [0.1, 0.15) is 11.6 Å². The van der Waals surface area contributed by atoms with Crippen molar-refractivity contribution in [2.45, 2.75) is 65.4 Å². The van der Waals surface area contributed by atoms with E-state index in [-0.39, 0.29) is 29.3 Å². The van der Waals surface area contributed by atoms with E-state index in [0.717, 1.165) is 12.8 Å². The zero-order chi connectivity index (χ0) is 13.9. The lowest BCUT2D eigenvalue weighted by atomic mass is 9.77. The van der Waals surface area contributed by atoms with Crippen LogP contribution in [0.2, 0.25) is 0 Å². The summed E-state index contributed by atoms with van der Waals surface area (Å²) >= 11 is 0. The maximum atomic E-state index is 12.1. The second kappa shape index (κ2) is 5.96. The van der Waals surface area contributed by atoms with E-state index in [1.165, 1.54) is 0 Å². The lowest BCUT2D eigenvalue weighted by Crippen LogP contribution is -2.35. The molecular weight excluding hydrogens is 228 g/mol. The van der Waals surface area contributed by atoms with Gasteiger partial charge in [0, 0.05) is 24.7 Å². The Morgan fingerprint density at radius 3 is 2.11 bits per heavy atom. The van der Waals surface area contributed by atoms with Gasteiger partial charge in [-0.15, -0.1) is 0 Å². The number of rotatable bonds is 1. The van der Waals surface area contributed by atoms with E-state index in [1.807, 2.05) is 13.8 Å². The molecule has 0 aliphatic heterocycles. The van der Waals surface area contributed by atoms with Crippen molar-refractivity contribution in [2.24, 2.45) is 17.8 Å². The molecule has 0 unspecified atom stereocenters. The van der Waals surface area contributed by atoms with Crippen LogP contribution in [-0.4, -0.2) is 22.3 Å². The molecule has 0 saturated heterocycles. The van der Waals surface area contributed by atoms with E-state index in [4.69, 9.17) is 0 Å². The number of aliphatic hydroxyl groups is 1. The van der Waals surface area contributed by atoms with Gasteiger partial charge in [-0.2, -0.15) is 0 Å². The molecule has 0 aromatic heterocycles. The molecule has 1 rings (SSSR count). The smallest absolute Gasteiger partial charge is 0.136 e. The Labute approximate surface area is 110 Å². The van der Waals surface area contributed by atoms with Gasteiger partial charge in [0.05, 0.1) is 5.60 Å². The standard InChI is InChI=1S/C15H26O3/c1-10-5-7-12(15(3,4)18)9-14(17)11(2)6-8-13(10)16/h10-12,18H,5-9H2,1-4H3/t10-,11-,12-/m1/s1. The first kappa shape index (κ1) is 15.4. The van der Waals surface area contributed by atoms with Gasteiger partial charge in [-0.3, -0.25) is 9.59 Å². The summed E-state index contributed by atoms with van der Waals surface area (Å²) in [5, 5.41) is 10.1. The molecule has 0 spiro atoms. The van der Waals surface area contributed by atoms with Gasteiger partial charge in [-0.25, -0.2) is 0 Å². The quantitative estimate of drug-likeness (QED) is 0.782. The average molecular weight is 254 g/mol. The van der Waals surface area contributed by atoms with Gasteiger partial charge in [-0.05, 0) is 39.0 Å². The Morgan fingerprint density at radius 1 is 1.00 bits per heavy atom. The second-order valence-electron chi connectivity index (χ2n) is 6.41. The van der Waals surface area contributed by atoms with E-state index in [0.29, 0.717) is 19.3 Å². The monoisotopic (exact) mass is 254 g/mol. The summed E-state index contributed by atoms with van der Waals surface area (Å²) in [5.41, 5.74) is -0.850. The lowest BCUT2D eigenvalue weighted by Gasteiger charge is -2.31. The molecule has 1 aliphatic rings. The lowest BCUT2D eigenvalue weighted by molar-refractivity contribution is -0.128. The number of hydrogen-bond donors (Lipinski definition) is 1. The van der Waals surface area contributed by atoms with Crippen molar-refractivity contribution in [1.82, 2.24) is 0 Å². The predicted octanol–water partition coefficient (Wildman–Crippen LogP) is 2.75.